The lowest BCUT2D eigenvalue weighted by molar-refractivity contribution is -0.126. The van der Waals surface area contributed by atoms with Gasteiger partial charge in [-0.05, 0) is 31.5 Å². The van der Waals surface area contributed by atoms with Gasteiger partial charge in [-0.2, -0.15) is 0 Å². The summed E-state index contributed by atoms with van der Waals surface area (Å²) in [5.74, 6) is 1.09. The van der Waals surface area contributed by atoms with Gasteiger partial charge in [-0.3, -0.25) is 4.79 Å². The Bertz CT molecular complexity index is 378. The highest BCUT2D eigenvalue weighted by atomic mass is 16.5. The van der Waals surface area contributed by atoms with E-state index in [-0.39, 0.29) is 11.7 Å². The Balaban J connectivity index is 3.10. The van der Waals surface area contributed by atoms with Crippen molar-refractivity contribution < 1.29 is 9.53 Å². The van der Waals surface area contributed by atoms with Crippen LogP contribution in [0.3, 0.4) is 0 Å². The second-order valence-corrected chi connectivity index (χ2v) is 4.88. The summed E-state index contributed by atoms with van der Waals surface area (Å²) < 4.78 is 5.18. The zero-order valence-electron chi connectivity index (χ0n) is 10.7. The molecule has 0 aliphatic carbocycles. The summed E-state index contributed by atoms with van der Waals surface area (Å²) in [6, 6.07) is 7.71. The first-order valence-electron chi connectivity index (χ1n) is 5.58. The molecule has 16 heavy (non-hydrogen) atoms. The number of Topliss-reactive ketones (excluding diaryl/α,β-unsaturated/α-hetero) is 1. The quantitative estimate of drug-likeness (QED) is 0.779. The van der Waals surface area contributed by atoms with Crippen LogP contribution in [0.1, 0.15) is 33.3 Å². The van der Waals surface area contributed by atoms with E-state index in [0.717, 1.165) is 11.3 Å². The van der Waals surface area contributed by atoms with Gasteiger partial charge in [0.25, 0.3) is 0 Å². The van der Waals surface area contributed by atoms with Crippen molar-refractivity contribution in [2.24, 2.45) is 5.92 Å². The number of rotatable bonds is 4. The minimum Gasteiger partial charge on any atom is -0.497 e. The molecule has 0 N–H and O–H groups in total. The molecular weight excluding hydrogens is 200 g/mol. The first kappa shape index (κ1) is 12.8. The third-order valence-electron chi connectivity index (χ3n) is 2.93. The summed E-state index contributed by atoms with van der Waals surface area (Å²) in [5.41, 5.74) is 0.549. The molecule has 0 saturated carbocycles. The molecule has 0 fully saturated rings. The Labute approximate surface area is 97.6 Å². The first-order chi connectivity index (χ1) is 7.39. The van der Waals surface area contributed by atoms with Crippen LogP contribution in [0.2, 0.25) is 0 Å². The number of hydrogen-bond acceptors (Lipinski definition) is 2. The van der Waals surface area contributed by atoms with Crippen LogP contribution in [0, 0.1) is 5.92 Å². The van der Waals surface area contributed by atoms with Crippen LogP contribution in [0.5, 0.6) is 5.75 Å². The minimum atomic E-state index is -0.456. The summed E-state index contributed by atoms with van der Waals surface area (Å²) in [5, 5.41) is 0. The normalized spacial score (nSPS) is 11.6. The molecule has 0 unspecified atom stereocenters. The maximum atomic E-state index is 12.1. The summed E-state index contributed by atoms with van der Waals surface area (Å²) in [6.45, 7) is 7.79. The molecule has 0 amide bonds. The topological polar surface area (TPSA) is 26.3 Å². The van der Waals surface area contributed by atoms with Gasteiger partial charge in [0.15, 0.2) is 0 Å². The maximum Gasteiger partial charge on any atom is 0.145 e. The van der Waals surface area contributed by atoms with Crippen molar-refractivity contribution in [2.75, 3.05) is 7.11 Å². The summed E-state index contributed by atoms with van der Waals surface area (Å²) >= 11 is 0. The van der Waals surface area contributed by atoms with E-state index in [1.54, 1.807) is 7.11 Å². The molecule has 0 aromatic heterocycles. The van der Waals surface area contributed by atoms with E-state index in [9.17, 15) is 4.79 Å². The van der Waals surface area contributed by atoms with E-state index in [4.69, 9.17) is 4.74 Å². The first-order valence-corrected chi connectivity index (χ1v) is 5.58. The summed E-state index contributed by atoms with van der Waals surface area (Å²) in [6.07, 6.45) is 0. The number of benzene rings is 1. The van der Waals surface area contributed by atoms with Crippen LogP contribution in [0.25, 0.3) is 0 Å². The van der Waals surface area contributed by atoms with E-state index in [2.05, 4.69) is 0 Å². The Kier molecular flexibility index (Phi) is 3.74. The van der Waals surface area contributed by atoms with Crippen molar-refractivity contribution in [1.82, 2.24) is 0 Å². The van der Waals surface area contributed by atoms with Crippen molar-refractivity contribution in [1.29, 1.82) is 0 Å². The fourth-order valence-corrected chi connectivity index (χ4v) is 1.88. The molecule has 0 aliphatic heterocycles. The molecular formula is C14H20O2. The zero-order chi connectivity index (χ0) is 12.3. The molecule has 0 heterocycles. The molecule has 0 spiro atoms. The maximum absolute atomic E-state index is 12.1. The van der Waals surface area contributed by atoms with Crippen LogP contribution >= 0.6 is 0 Å². The number of methoxy groups -OCH3 is 1. The van der Waals surface area contributed by atoms with Crippen LogP contribution in [0.15, 0.2) is 24.3 Å². The van der Waals surface area contributed by atoms with Crippen LogP contribution in [-0.2, 0) is 10.2 Å². The molecule has 1 aromatic rings. The predicted molar refractivity (Wildman–Crippen MR) is 65.9 cm³/mol. The van der Waals surface area contributed by atoms with Gasteiger partial charge >= 0.3 is 0 Å². The van der Waals surface area contributed by atoms with Gasteiger partial charge in [0, 0.05) is 11.3 Å². The average Bonchev–Trinajstić information content (AvgIpc) is 2.27. The van der Waals surface area contributed by atoms with Gasteiger partial charge in [0.05, 0.1) is 7.11 Å². The Morgan fingerprint density at radius 1 is 1.31 bits per heavy atom. The van der Waals surface area contributed by atoms with E-state index in [0.29, 0.717) is 0 Å². The summed E-state index contributed by atoms with van der Waals surface area (Å²) in [4.78, 5) is 12.1. The zero-order valence-corrected chi connectivity index (χ0v) is 10.7. The average molecular weight is 220 g/mol. The van der Waals surface area contributed by atoms with Crippen molar-refractivity contribution in [3.05, 3.63) is 29.8 Å². The van der Waals surface area contributed by atoms with Gasteiger partial charge < -0.3 is 4.74 Å². The number of ether oxygens (including phenoxy) is 1. The molecule has 0 saturated heterocycles. The highest BCUT2D eigenvalue weighted by Crippen LogP contribution is 2.29. The molecule has 1 rings (SSSR count). The highest BCUT2D eigenvalue weighted by molar-refractivity contribution is 5.90. The van der Waals surface area contributed by atoms with Gasteiger partial charge in [-0.25, -0.2) is 0 Å². The van der Waals surface area contributed by atoms with Crippen LogP contribution < -0.4 is 4.74 Å². The lowest BCUT2D eigenvalue weighted by Gasteiger charge is -2.26. The van der Waals surface area contributed by atoms with E-state index in [1.807, 2.05) is 52.0 Å². The highest BCUT2D eigenvalue weighted by Gasteiger charge is 2.31. The van der Waals surface area contributed by atoms with Crippen LogP contribution in [-0.4, -0.2) is 12.9 Å². The third-order valence-corrected chi connectivity index (χ3v) is 2.93. The molecule has 88 valence electrons. The molecule has 0 atom stereocenters. The Morgan fingerprint density at radius 3 is 2.44 bits per heavy atom. The number of ketones is 1. The Morgan fingerprint density at radius 2 is 1.94 bits per heavy atom. The van der Waals surface area contributed by atoms with E-state index in [1.165, 1.54) is 0 Å². The predicted octanol–water partition coefficient (Wildman–Crippen LogP) is 3.20. The largest absolute Gasteiger partial charge is 0.497 e. The van der Waals surface area contributed by atoms with Gasteiger partial charge in [0.1, 0.15) is 11.5 Å². The van der Waals surface area contributed by atoms with E-state index < -0.39 is 5.41 Å². The second kappa shape index (κ2) is 4.69. The molecule has 0 radical (unpaired) electrons. The van der Waals surface area contributed by atoms with Crippen molar-refractivity contribution in [3.63, 3.8) is 0 Å². The smallest absolute Gasteiger partial charge is 0.145 e. The van der Waals surface area contributed by atoms with Gasteiger partial charge in [-0.1, -0.05) is 26.0 Å². The van der Waals surface area contributed by atoms with Gasteiger partial charge in [0.2, 0.25) is 0 Å². The fourth-order valence-electron chi connectivity index (χ4n) is 1.88. The van der Waals surface area contributed by atoms with Crippen LogP contribution in [0.4, 0.5) is 0 Å². The second-order valence-electron chi connectivity index (χ2n) is 4.88. The lowest BCUT2D eigenvalue weighted by atomic mass is 9.76. The number of hydrogen-bond donors (Lipinski definition) is 0. The SMILES string of the molecule is COc1cccc(C(C)(C)C(=O)C(C)C)c1. The number of carbonyl (C=O) groups excluding carboxylic acids is 1. The third kappa shape index (κ3) is 2.43. The van der Waals surface area contributed by atoms with Crippen molar-refractivity contribution in [2.45, 2.75) is 33.1 Å². The van der Waals surface area contributed by atoms with Crippen molar-refractivity contribution in [3.8, 4) is 5.75 Å². The summed E-state index contributed by atoms with van der Waals surface area (Å²) in [7, 11) is 1.64. The lowest BCUT2D eigenvalue weighted by Crippen LogP contribution is -2.32. The minimum absolute atomic E-state index is 0.0428. The standard InChI is InChI=1S/C14H20O2/c1-10(2)13(15)14(3,4)11-7-6-8-12(9-11)16-5/h6-10H,1-5H3. The van der Waals surface area contributed by atoms with E-state index >= 15 is 0 Å². The molecule has 2 heteroatoms. The molecule has 1 aromatic carbocycles. The number of carbonyl (C=O) groups is 1. The molecule has 0 aliphatic rings. The molecule has 2 nitrogen and oxygen atoms in total. The Hall–Kier alpha value is -1.31. The van der Waals surface area contributed by atoms with Crippen molar-refractivity contribution >= 4 is 5.78 Å². The molecule has 0 bridgehead atoms. The monoisotopic (exact) mass is 220 g/mol. The van der Waals surface area contributed by atoms with Gasteiger partial charge in [-0.15, -0.1) is 0 Å². The fraction of sp³-hybridized carbons (Fsp3) is 0.500.